The summed E-state index contributed by atoms with van der Waals surface area (Å²) in [5.41, 5.74) is 1.77. The van der Waals surface area contributed by atoms with Gasteiger partial charge >= 0.3 is 0 Å². The van der Waals surface area contributed by atoms with Gasteiger partial charge in [-0.1, -0.05) is 37.3 Å². The first-order valence-corrected chi connectivity index (χ1v) is 8.29. The first-order chi connectivity index (χ1) is 11.6. The molecule has 24 heavy (non-hydrogen) atoms. The SMILES string of the molecule is CCCOc1ccc(C(=O)NC(C)Cc2ccccc2)cc1OC. The highest BCUT2D eigenvalue weighted by molar-refractivity contribution is 5.95. The number of carbonyl (C=O) groups is 1. The standard InChI is InChI=1S/C20H25NO3/c1-4-12-24-18-11-10-17(14-19(18)23-3)20(22)21-15(2)13-16-8-6-5-7-9-16/h5-11,14-15H,4,12-13H2,1-3H3,(H,21,22). The van der Waals surface area contributed by atoms with Crippen molar-refractivity contribution in [2.24, 2.45) is 0 Å². The summed E-state index contributed by atoms with van der Waals surface area (Å²) in [6.07, 6.45) is 1.71. The average molecular weight is 327 g/mol. The Hall–Kier alpha value is -2.49. The summed E-state index contributed by atoms with van der Waals surface area (Å²) in [5, 5.41) is 3.02. The van der Waals surface area contributed by atoms with Crippen molar-refractivity contribution in [2.75, 3.05) is 13.7 Å². The molecule has 0 aliphatic rings. The van der Waals surface area contributed by atoms with Crippen molar-refractivity contribution in [1.82, 2.24) is 5.32 Å². The van der Waals surface area contributed by atoms with Crippen LogP contribution < -0.4 is 14.8 Å². The Morgan fingerprint density at radius 2 is 1.88 bits per heavy atom. The molecule has 0 heterocycles. The zero-order valence-corrected chi connectivity index (χ0v) is 14.5. The summed E-state index contributed by atoms with van der Waals surface area (Å²) in [6.45, 7) is 4.67. The minimum Gasteiger partial charge on any atom is -0.493 e. The van der Waals surface area contributed by atoms with Gasteiger partial charge in [0.05, 0.1) is 13.7 Å². The number of ether oxygens (including phenoxy) is 2. The van der Waals surface area contributed by atoms with Gasteiger partial charge in [0.15, 0.2) is 11.5 Å². The normalized spacial score (nSPS) is 11.6. The third-order valence-electron chi connectivity index (χ3n) is 3.65. The van der Waals surface area contributed by atoms with E-state index in [1.165, 1.54) is 5.56 Å². The molecule has 0 radical (unpaired) electrons. The van der Waals surface area contributed by atoms with Gasteiger partial charge in [-0.25, -0.2) is 0 Å². The second-order valence-corrected chi connectivity index (χ2v) is 5.78. The molecule has 1 unspecified atom stereocenters. The van der Waals surface area contributed by atoms with E-state index in [1.54, 1.807) is 25.3 Å². The van der Waals surface area contributed by atoms with E-state index in [9.17, 15) is 4.79 Å². The van der Waals surface area contributed by atoms with Crippen molar-refractivity contribution in [1.29, 1.82) is 0 Å². The van der Waals surface area contributed by atoms with E-state index in [2.05, 4.69) is 17.4 Å². The quantitative estimate of drug-likeness (QED) is 0.801. The molecule has 1 amide bonds. The Labute approximate surface area is 143 Å². The van der Waals surface area contributed by atoms with Crippen LogP contribution in [0.5, 0.6) is 11.5 Å². The van der Waals surface area contributed by atoms with E-state index >= 15 is 0 Å². The number of rotatable bonds is 8. The van der Waals surface area contributed by atoms with E-state index in [1.807, 2.05) is 32.0 Å². The van der Waals surface area contributed by atoms with Crippen LogP contribution in [0.4, 0.5) is 0 Å². The Morgan fingerprint density at radius 3 is 2.54 bits per heavy atom. The first kappa shape index (κ1) is 17.9. The van der Waals surface area contributed by atoms with Crippen molar-refractivity contribution < 1.29 is 14.3 Å². The van der Waals surface area contributed by atoms with Crippen molar-refractivity contribution in [2.45, 2.75) is 32.7 Å². The predicted octanol–water partition coefficient (Wildman–Crippen LogP) is 3.85. The number of amides is 1. The molecule has 2 aromatic rings. The van der Waals surface area contributed by atoms with Gasteiger partial charge in [-0.05, 0) is 43.5 Å². The lowest BCUT2D eigenvalue weighted by Gasteiger charge is -2.15. The molecule has 0 spiro atoms. The summed E-state index contributed by atoms with van der Waals surface area (Å²) in [5.74, 6) is 1.12. The van der Waals surface area contributed by atoms with Crippen molar-refractivity contribution >= 4 is 5.91 Å². The van der Waals surface area contributed by atoms with Crippen LogP contribution in [0, 0.1) is 0 Å². The number of methoxy groups -OCH3 is 1. The van der Waals surface area contributed by atoms with E-state index in [-0.39, 0.29) is 11.9 Å². The van der Waals surface area contributed by atoms with E-state index in [0.29, 0.717) is 23.7 Å². The molecule has 4 heteroatoms. The van der Waals surface area contributed by atoms with E-state index in [0.717, 1.165) is 12.8 Å². The molecule has 0 fully saturated rings. The lowest BCUT2D eigenvalue weighted by molar-refractivity contribution is 0.0939. The van der Waals surface area contributed by atoms with Gasteiger partial charge in [-0.15, -0.1) is 0 Å². The van der Waals surface area contributed by atoms with Crippen molar-refractivity contribution in [3.8, 4) is 11.5 Å². The van der Waals surface area contributed by atoms with Crippen LogP contribution >= 0.6 is 0 Å². The van der Waals surface area contributed by atoms with E-state index < -0.39 is 0 Å². The fourth-order valence-corrected chi connectivity index (χ4v) is 2.47. The zero-order valence-electron chi connectivity index (χ0n) is 14.5. The fraction of sp³-hybridized carbons (Fsp3) is 0.350. The lowest BCUT2D eigenvalue weighted by atomic mass is 10.1. The maximum absolute atomic E-state index is 12.4. The molecule has 128 valence electrons. The monoisotopic (exact) mass is 327 g/mol. The highest BCUT2D eigenvalue weighted by Gasteiger charge is 2.13. The van der Waals surface area contributed by atoms with Crippen LogP contribution in [0.2, 0.25) is 0 Å². The summed E-state index contributed by atoms with van der Waals surface area (Å²) in [6, 6.07) is 15.4. The minimum atomic E-state index is -0.112. The molecule has 0 aliphatic heterocycles. The molecule has 1 atom stereocenters. The number of nitrogens with one attached hydrogen (secondary N) is 1. The molecule has 4 nitrogen and oxygen atoms in total. The van der Waals surface area contributed by atoms with Gasteiger partial charge in [0, 0.05) is 11.6 Å². The van der Waals surface area contributed by atoms with Crippen molar-refractivity contribution in [3.63, 3.8) is 0 Å². The maximum atomic E-state index is 12.4. The van der Waals surface area contributed by atoms with Crippen LogP contribution in [0.15, 0.2) is 48.5 Å². The maximum Gasteiger partial charge on any atom is 0.251 e. The molecule has 2 rings (SSSR count). The third kappa shape index (κ3) is 5.01. The van der Waals surface area contributed by atoms with Crippen LogP contribution in [0.1, 0.15) is 36.2 Å². The number of benzene rings is 2. The number of hydrogen-bond acceptors (Lipinski definition) is 3. The molecule has 0 aromatic heterocycles. The molecule has 0 bridgehead atoms. The predicted molar refractivity (Wildman–Crippen MR) is 95.9 cm³/mol. The van der Waals surface area contributed by atoms with Gasteiger partial charge < -0.3 is 14.8 Å². The van der Waals surface area contributed by atoms with Crippen molar-refractivity contribution in [3.05, 3.63) is 59.7 Å². The number of carbonyl (C=O) groups excluding carboxylic acids is 1. The van der Waals surface area contributed by atoms with Gasteiger partial charge in [0.25, 0.3) is 5.91 Å². The smallest absolute Gasteiger partial charge is 0.251 e. The van der Waals surface area contributed by atoms with Gasteiger partial charge in [0.1, 0.15) is 0 Å². The van der Waals surface area contributed by atoms with Crippen LogP contribution in [0.3, 0.4) is 0 Å². The second kappa shape index (κ2) is 8.96. The molecule has 0 aliphatic carbocycles. The third-order valence-corrected chi connectivity index (χ3v) is 3.65. The average Bonchev–Trinajstić information content (AvgIpc) is 2.60. The van der Waals surface area contributed by atoms with Gasteiger partial charge in [0.2, 0.25) is 0 Å². The molecule has 0 saturated carbocycles. The topological polar surface area (TPSA) is 47.6 Å². The zero-order chi connectivity index (χ0) is 17.4. The van der Waals surface area contributed by atoms with E-state index in [4.69, 9.17) is 9.47 Å². The summed E-state index contributed by atoms with van der Waals surface area (Å²) >= 11 is 0. The second-order valence-electron chi connectivity index (χ2n) is 5.78. The number of hydrogen-bond donors (Lipinski definition) is 1. The van der Waals surface area contributed by atoms with Gasteiger partial charge in [-0.3, -0.25) is 4.79 Å². The molecule has 2 aromatic carbocycles. The molecular formula is C20H25NO3. The Bertz CT molecular complexity index is 655. The molecule has 0 saturated heterocycles. The fourth-order valence-electron chi connectivity index (χ4n) is 2.47. The summed E-state index contributed by atoms with van der Waals surface area (Å²) in [4.78, 5) is 12.4. The highest BCUT2D eigenvalue weighted by atomic mass is 16.5. The van der Waals surface area contributed by atoms with Gasteiger partial charge in [-0.2, -0.15) is 0 Å². The molecular weight excluding hydrogens is 302 g/mol. The Balaban J connectivity index is 2.01. The van der Waals surface area contributed by atoms with Crippen LogP contribution in [-0.4, -0.2) is 25.7 Å². The summed E-state index contributed by atoms with van der Waals surface area (Å²) in [7, 11) is 1.58. The lowest BCUT2D eigenvalue weighted by Crippen LogP contribution is -2.34. The largest absolute Gasteiger partial charge is 0.493 e. The first-order valence-electron chi connectivity index (χ1n) is 8.29. The van der Waals surface area contributed by atoms with Crippen LogP contribution in [-0.2, 0) is 6.42 Å². The molecule has 1 N–H and O–H groups in total. The minimum absolute atomic E-state index is 0.0434. The van der Waals surface area contributed by atoms with Crippen LogP contribution in [0.25, 0.3) is 0 Å². The highest BCUT2D eigenvalue weighted by Crippen LogP contribution is 2.28. The Kier molecular flexibility index (Phi) is 6.67. The Morgan fingerprint density at radius 1 is 1.12 bits per heavy atom. The summed E-state index contributed by atoms with van der Waals surface area (Å²) < 4.78 is 10.9.